The van der Waals surface area contributed by atoms with Crippen LogP contribution in [0.25, 0.3) is 0 Å². The van der Waals surface area contributed by atoms with E-state index in [1.807, 2.05) is 0 Å². The van der Waals surface area contributed by atoms with Gasteiger partial charge in [-0.15, -0.1) is 0 Å². The molecule has 1 heterocycles. The second-order valence-electron chi connectivity index (χ2n) is 7.74. The Hall–Kier alpha value is -3.19. The van der Waals surface area contributed by atoms with Crippen LogP contribution in [0.5, 0.6) is 5.75 Å². The van der Waals surface area contributed by atoms with Gasteiger partial charge in [-0.1, -0.05) is 19.2 Å². The minimum atomic E-state index is -0.481. The fourth-order valence-corrected chi connectivity index (χ4v) is 3.29. The van der Waals surface area contributed by atoms with E-state index >= 15 is 0 Å². The van der Waals surface area contributed by atoms with E-state index in [4.69, 9.17) is 4.74 Å². The SMILES string of the molecule is C=CC(=O)N1CCN(CC(Oc2ccc(C(=O)NC)cc2)/C(C=C)=C/C(F)=C(C)C)CC1. The van der Waals surface area contributed by atoms with Gasteiger partial charge < -0.3 is 15.0 Å². The van der Waals surface area contributed by atoms with Crippen LogP contribution in [0.2, 0.25) is 0 Å². The number of hydrogen-bond donors (Lipinski definition) is 1. The normalized spacial score (nSPS) is 15.5. The molecule has 0 spiro atoms. The van der Waals surface area contributed by atoms with Gasteiger partial charge >= 0.3 is 0 Å². The van der Waals surface area contributed by atoms with Gasteiger partial charge in [-0.2, -0.15) is 0 Å². The molecule has 1 atom stereocenters. The molecule has 1 aliphatic heterocycles. The maximum absolute atomic E-state index is 14.4. The molecular weight excluding hydrogens is 409 g/mol. The Labute approximate surface area is 189 Å². The summed E-state index contributed by atoms with van der Waals surface area (Å²) in [6.45, 7) is 13.8. The van der Waals surface area contributed by atoms with Crippen molar-refractivity contribution in [3.63, 3.8) is 0 Å². The summed E-state index contributed by atoms with van der Waals surface area (Å²) in [5.74, 6) is -0.0262. The highest BCUT2D eigenvalue weighted by Crippen LogP contribution is 2.21. The molecular formula is C25H32FN3O3. The molecule has 7 heteroatoms. The van der Waals surface area contributed by atoms with E-state index in [0.29, 0.717) is 55.2 Å². The van der Waals surface area contributed by atoms with Crippen molar-refractivity contribution in [1.82, 2.24) is 15.1 Å². The first kappa shape index (κ1) is 25.1. The van der Waals surface area contributed by atoms with Gasteiger partial charge in [-0.05, 0) is 61.4 Å². The van der Waals surface area contributed by atoms with E-state index in [9.17, 15) is 14.0 Å². The minimum Gasteiger partial charge on any atom is -0.484 e. The lowest BCUT2D eigenvalue weighted by atomic mass is 10.1. The number of nitrogens with zero attached hydrogens (tertiary/aromatic N) is 2. The largest absolute Gasteiger partial charge is 0.484 e. The molecule has 0 bridgehead atoms. The summed E-state index contributed by atoms with van der Waals surface area (Å²) in [7, 11) is 1.57. The molecule has 1 aromatic rings. The van der Waals surface area contributed by atoms with Crippen molar-refractivity contribution in [3.8, 4) is 5.75 Å². The van der Waals surface area contributed by atoms with Crippen molar-refractivity contribution in [1.29, 1.82) is 0 Å². The zero-order valence-electron chi connectivity index (χ0n) is 19.1. The molecule has 1 aliphatic rings. The summed E-state index contributed by atoms with van der Waals surface area (Å²) in [6, 6.07) is 6.80. The molecule has 6 nitrogen and oxygen atoms in total. The number of piperazine rings is 1. The van der Waals surface area contributed by atoms with Gasteiger partial charge in [0.15, 0.2) is 0 Å². The quantitative estimate of drug-likeness (QED) is 0.471. The summed E-state index contributed by atoms with van der Waals surface area (Å²) in [6.07, 6.45) is 3.89. The third kappa shape index (κ3) is 6.92. The summed E-state index contributed by atoms with van der Waals surface area (Å²) in [5.41, 5.74) is 1.70. The van der Waals surface area contributed by atoms with E-state index in [1.165, 1.54) is 12.2 Å². The topological polar surface area (TPSA) is 61.9 Å². The molecule has 172 valence electrons. The molecule has 1 fully saturated rings. The van der Waals surface area contributed by atoms with Crippen molar-refractivity contribution in [2.75, 3.05) is 39.8 Å². The molecule has 0 aliphatic carbocycles. The summed E-state index contributed by atoms with van der Waals surface area (Å²) in [4.78, 5) is 27.6. The van der Waals surface area contributed by atoms with E-state index in [1.54, 1.807) is 56.1 Å². The van der Waals surface area contributed by atoms with Gasteiger partial charge in [-0.25, -0.2) is 4.39 Å². The van der Waals surface area contributed by atoms with E-state index in [2.05, 4.69) is 23.4 Å². The monoisotopic (exact) mass is 441 g/mol. The van der Waals surface area contributed by atoms with Crippen LogP contribution in [0.1, 0.15) is 24.2 Å². The molecule has 1 N–H and O–H groups in total. The number of halogens is 1. The molecule has 1 aromatic carbocycles. The van der Waals surface area contributed by atoms with E-state index < -0.39 is 6.10 Å². The number of benzene rings is 1. The molecule has 32 heavy (non-hydrogen) atoms. The van der Waals surface area contributed by atoms with Crippen molar-refractivity contribution < 1.29 is 18.7 Å². The van der Waals surface area contributed by atoms with Crippen molar-refractivity contribution in [3.05, 3.63) is 78.2 Å². The fourth-order valence-electron chi connectivity index (χ4n) is 3.29. The van der Waals surface area contributed by atoms with Crippen molar-refractivity contribution >= 4 is 11.8 Å². The van der Waals surface area contributed by atoms with Gasteiger partial charge in [0.1, 0.15) is 17.7 Å². The lowest BCUT2D eigenvalue weighted by Crippen LogP contribution is -2.50. The van der Waals surface area contributed by atoms with Crippen LogP contribution in [0.15, 0.2) is 72.6 Å². The van der Waals surface area contributed by atoms with E-state index in [0.717, 1.165) is 0 Å². The number of ether oxygens (including phenoxy) is 1. The standard InChI is InChI=1S/C25H32FN3O3/c1-6-19(16-22(26)18(3)4)23(17-28-12-14-29(15-13-28)24(30)7-2)32-21-10-8-20(9-11-21)25(31)27-5/h6-11,16,23H,1-2,12-15,17H2,3-5H3,(H,27,31)/b19-16+. The zero-order chi connectivity index (χ0) is 23.7. The average Bonchev–Trinajstić information content (AvgIpc) is 2.81. The summed E-state index contributed by atoms with van der Waals surface area (Å²) < 4.78 is 20.6. The second-order valence-corrected chi connectivity index (χ2v) is 7.74. The predicted molar refractivity (Wildman–Crippen MR) is 125 cm³/mol. The lowest BCUT2D eigenvalue weighted by molar-refractivity contribution is -0.127. The Morgan fingerprint density at radius 1 is 1.12 bits per heavy atom. The van der Waals surface area contributed by atoms with E-state index in [-0.39, 0.29) is 17.6 Å². The predicted octanol–water partition coefficient (Wildman–Crippen LogP) is 3.50. The minimum absolute atomic E-state index is 0.0778. The van der Waals surface area contributed by atoms with Crippen molar-refractivity contribution in [2.24, 2.45) is 0 Å². The Kier molecular flexibility index (Phi) is 9.40. The fraction of sp³-hybridized carbons (Fsp3) is 0.360. The van der Waals surface area contributed by atoms with Gasteiger partial charge in [-0.3, -0.25) is 14.5 Å². The van der Waals surface area contributed by atoms with Crippen LogP contribution < -0.4 is 10.1 Å². The Balaban J connectivity index is 2.22. The highest BCUT2D eigenvalue weighted by Gasteiger charge is 2.24. The number of allylic oxidation sites excluding steroid dienone is 3. The van der Waals surface area contributed by atoms with Gasteiger partial charge in [0, 0.05) is 45.3 Å². The molecule has 0 aromatic heterocycles. The van der Waals surface area contributed by atoms with Crippen LogP contribution in [0, 0.1) is 0 Å². The smallest absolute Gasteiger partial charge is 0.251 e. The third-order valence-electron chi connectivity index (χ3n) is 5.28. The maximum atomic E-state index is 14.4. The molecule has 2 rings (SSSR count). The van der Waals surface area contributed by atoms with Crippen LogP contribution >= 0.6 is 0 Å². The first-order valence-electron chi connectivity index (χ1n) is 10.6. The number of rotatable bonds is 9. The van der Waals surface area contributed by atoms with Crippen LogP contribution in [-0.4, -0.2) is 67.5 Å². The number of nitrogens with one attached hydrogen (secondary N) is 1. The van der Waals surface area contributed by atoms with Gasteiger partial charge in [0.25, 0.3) is 5.91 Å². The first-order chi connectivity index (χ1) is 15.3. The molecule has 1 unspecified atom stereocenters. The molecule has 0 radical (unpaired) electrons. The molecule has 1 saturated heterocycles. The Morgan fingerprint density at radius 3 is 2.25 bits per heavy atom. The maximum Gasteiger partial charge on any atom is 0.251 e. The highest BCUT2D eigenvalue weighted by atomic mass is 19.1. The number of hydrogen-bond acceptors (Lipinski definition) is 4. The van der Waals surface area contributed by atoms with Gasteiger partial charge in [0.2, 0.25) is 5.91 Å². The zero-order valence-corrected chi connectivity index (χ0v) is 19.1. The number of carbonyl (C=O) groups is 2. The van der Waals surface area contributed by atoms with Crippen molar-refractivity contribution in [2.45, 2.75) is 20.0 Å². The molecule has 2 amide bonds. The van der Waals surface area contributed by atoms with Gasteiger partial charge in [0.05, 0.1) is 0 Å². The molecule has 0 saturated carbocycles. The third-order valence-corrected chi connectivity index (χ3v) is 5.28. The Morgan fingerprint density at radius 2 is 1.75 bits per heavy atom. The summed E-state index contributed by atoms with van der Waals surface area (Å²) in [5, 5.41) is 2.58. The second kappa shape index (κ2) is 12.0. The summed E-state index contributed by atoms with van der Waals surface area (Å²) >= 11 is 0. The average molecular weight is 442 g/mol. The first-order valence-corrected chi connectivity index (χ1v) is 10.6. The number of carbonyl (C=O) groups excluding carboxylic acids is 2. The number of amides is 2. The lowest BCUT2D eigenvalue weighted by Gasteiger charge is -2.36. The van der Waals surface area contributed by atoms with Crippen LogP contribution in [0.3, 0.4) is 0 Å². The van der Waals surface area contributed by atoms with Crippen LogP contribution in [0.4, 0.5) is 4.39 Å². The van der Waals surface area contributed by atoms with Crippen LogP contribution in [-0.2, 0) is 4.79 Å². The Bertz CT molecular complexity index is 894. The highest BCUT2D eigenvalue weighted by molar-refractivity contribution is 5.94.